The first kappa shape index (κ1) is 11.3. The van der Waals surface area contributed by atoms with Crippen LogP contribution in [0.1, 0.15) is 0 Å². The van der Waals surface area contributed by atoms with Gasteiger partial charge in [0, 0.05) is 29.3 Å². The Morgan fingerprint density at radius 2 is 2.00 bits per heavy atom. The fourth-order valence-corrected chi connectivity index (χ4v) is 0.377. The van der Waals surface area contributed by atoms with Gasteiger partial charge in [-0.1, -0.05) is 6.07 Å². The van der Waals surface area contributed by atoms with Gasteiger partial charge < -0.3 is 10.5 Å². The van der Waals surface area contributed by atoms with E-state index in [1.54, 1.807) is 18.3 Å². The summed E-state index contributed by atoms with van der Waals surface area (Å²) >= 11 is 0. The van der Waals surface area contributed by atoms with Crippen LogP contribution in [0.4, 0.5) is 0 Å². The SMILES string of the molecule is O.O=c1cccc[nH]1.[Fe]. The molecule has 0 aliphatic heterocycles. The molecular formula is C5H7FeNO2. The average molecular weight is 169 g/mol. The van der Waals surface area contributed by atoms with E-state index in [9.17, 15) is 4.79 Å². The standard InChI is InChI=1S/C5H5NO.Fe.H2O/c7-5-3-1-2-4-6-5;;/h1-4H,(H,6,7);;1H2. The molecule has 3 nitrogen and oxygen atoms in total. The molecule has 1 heterocycles. The van der Waals surface area contributed by atoms with Crippen molar-refractivity contribution in [1.82, 2.24) is 4.98 Å². The minimum atomic E-state index is -0.0532. The molecule has 0 bridgehead atoms. The van der Waals surface area contributed by atoms with E-state index < -0.39 is 0 Å². The maximum Gasteiger partial charge on any atom is 0.247 e. The van der Waals surface area contributed by atoms with E-state index >= 15 is 0 Å². The van der Waals surface area contributed by atoms with Gasteiger partial charge in [0.2, 0.25) is 5.56 Å². The van der Waals surface area contributed by atoms with E-state index in [1.165, 1.54) is 6.07 Å². The van der Waals surface area contributed by atoms with Gasteiger partial charge in [-0.05, 0) is 6.07 Å². The van der Waals surface area contributed by atoms with Gasteiger partial charge in [0.1, 0.15) is 0 Å². The summed E-state index contributed by atoms with van der Waals surface area (Å²) < 4.78 is 0. The molecule has 0 amide bonds. The van der Waals surface area contributed by atoms with E-state index in [4.69, 9.17) is 0 Å². The Labute approximate surface area is 62.9 Å². The fraction of sp³-hybridized carbons (Fsp3) is 0. The number of rotatable bonds is 0. The summed E-state index contributed by atoms with van der Waals surface area (Å²) in [7, 11) is 0. The zero-order chi connectivity index (χ0) is 5.11. The van der Waals surface area contributed by atoms with Crippen molar-refractivity contribution < 1.29 is 22.5 Å². The molecule has 0 radical (unpaired) electrons. The average Bonchev–Trinajstić information content (AvgIpc) is 1.69. The monoisotopic (exact) mass is 169 g/mol. The van der Waals surface area contributed by atoms with E-state index in [-0.39, 0.29) is 28.1 Å². The molecule has 0 atom stereocenters. The Morgan fingerprint density at radius 1 is 1.33 bits per heavy atom. The number of aromatic amines is 1. The van der Waals surface area contributed by atoms with Gasteiger partial charge in [-0.15, -0.1) is 0 Å². The first-order chi connectivity index (χ1) is 3.39. The molecule has 1 aromatic heterocycles. The van der Waals surface area contributed by atoms with Crippen LogP contribution in [-0.4, -0.2) is 10.5 Å². The van der Waals surface area contributed by atoms with Crippen LogP contribution in [0.15, 0.2) is 29.2 Å². The van der Waals surface area contributed by atoms with Crippen molar-refractivity contribution in [2.24, 2.45) is 0 Å². The molecule has 52 valence electrons. The van der Waals surface area contributed by atoms with Crippen LogP contribution in [0, 0.1) is 0 Å². The summed E-state index contributed by atoms with van der Waals surface area (Å²) in [5.41, 5.74) is -0.0532. The van der Waals surface area contributed by atoms with Gasteiger partial charge in [-0.25, -0.2) is 0 Å². The third-order valence-electron chi connectivity index (χ3n) is 0.681. The summed E-state index contributed by atoms with van der Waals surface area (Å²) in [6.07, 6.45) is 1.60. The maximum atomic E-state index is 10.2. The van der Waals surface area contributed by atoms with Crippen molar-refractivity contribution in [2.45, 2.75) is 0 Å². The largest absolute Gasteiger partial charge is 0.412 e. The van der Waals surface area contributed by atoms with Gasteiger partial charge in [-0.2, -0.15) is 0 Å². The van der Waals surface area contributed by atoms with Crippen LogP contribution in [-0.2, 0) is 17.1 Å². The first-order valence-electron chi connectivity index (χ1n) is 2.03. The van der Waals surface area contributed by atoms with Gasteiger partial charge in [-0.3, -0.25) is 4.79 Å². The number of hydrogen-bond donors (Lipinski definition) is 1. The van der Waals surface area contributed by atoms with Gasteiger partial charge in [0.05, 0.1) is 0 Å². The molecule has 0 saturated heterocycles. The zero-order valence-corrected chi connectivity index (χ0v) is 5.68. The van der Waals surface area contributed by atoms with E-state index in [0.29, 0.717) is 0 Å². The Balaban J connectivity index is 0. The van der Waals surface area contributed by atoms with Gasteiger partial charge >= 0.3 is 0 Å². The molecule has 1 aromatic rings. The van der Waals surface area contributed by atoms with Crippen molar-refractivity contribution in [3.8, 4) is 0 Å². The van der Waals surface area contributed by atoms with Crippen LogP contribution in [0.3, 0.4) is 0 Å². The summed E-state index contributed by atoms with van der Waals surface area (Å²) in [6, 6.07) is 4.93. The van der Waals surface area contributed by atoms with Crippen LogP contribution < -0.4 is 5.56 Å². The molecule has 0 spiro atoms. The Bertz CT molecular complexity index is 181. The predicted octanol–water partition coefficient (Wildman–Crippen LogP) is -0.452. The topological polar surface area (TPSA) is 64.4 Å². The Morgan fingerprint density at radius 3 is 2.22 bits per heavy atom. The summed E-state index contributed by atoms with van der Waals surface area (Å²) in [6.45, 7) is 0. The number of pyridine rings is 1. The van der Waals surface area contributed by atoms with E-state index in [0.717, 1.165) is 0 Å². The molecule has 4 heteroatoms. The predicted molar refractivity (Wildman–Crippen MR) is 30.7 cm³/mol. The van der Waals surface area contributed by atoms with Crippen LogP contribution in [0.25, 0.3) is 0 Å². The minimum absolute atomic E-state index is 0. The fourth-order valence-electron chi connectivity index (χ4n) is 0.377. The summed E-state index contributed by atoms with van der Waals surface area (Å²) in [4.78, 5) is 12.7. The molecule has 3 N–H and O–H groups in total. The number of nitrogens with one attached hydrogen (secondary N) is 1. The summed E-state index contributed by atoms with van der Waals surface area (Å²) in [5.74, 6) is 0. The Hall–Kier alpha value is -0.571. The third kappa shape index (κ3) is 3.97. The molecule has 9 heavy (non-hydrogen) atoms. The molecule has 0 fully saturated rings. The van der Waals surface area contributed by atoms with Crippen LogP contribution in [0.5, 0.6) is 0 Å². The molecule has 0 aromatic carbocycles. The van der Waals surface area contributed by atoms with Crippen molar-refractivity contribution in [1.29, 1.82) is 0 Å². The van der Waals surface area contributed by atoms with Crippen molar-refractivity contribution in [2.75, 3.05) is 0 Å². The van der Waals surface area contributed by atoms with Crippen molar-refractivity contribution >= 4 is 0 Å². The zero-order valence-electron chi connectivity index (χ0n) is 4.57. The molecule has 0 saturated carbocycles. The number of hydrogen-bond acceptors (Lipinski definition) is 1. The molecule has 0 aliphatic carbocycles. The first-order valence-corrected chi connectivity index (χ1v) is 2.03. The molecule has 0 aliphatic rings. The molecule has 1 rings (SSSR count). The summed E-state index contributed by atoms with van der Waals surface area (Å²) in [5, 5.41) is 0. The molecular weight excluding hydrogens is 162 g/mol. The van der Waals surface area contributed by atoms with Crippen molar-refractivity contribution in [3.63, 3.8) is 0 Å². The second-order valence-electron chi connectivity index (χ2n) is 1.23. The van der Waals surface area contributed by atoms with Crippen LogP contribution >= 0.6 is 0 Å². The minimum Gasteiger partial charge on any atom is -0.412 e. The third-order valence-corrected chi connectivity index (χ3v) is 0.681. The smallest absolute Gasteiger partial charge is 0.247 e. The normalized spacial score (nSPS) is 6.67. The van der Waals surface area contributed by atoms with E-state index in [2.05, 4.69) is 4.98 Å². The van der Waals surface area contributed by atoms with Crippen molar-refractivity contribution in [3.05, 3.63) is 34.7 Å². The van der Waals surface area contributed by atoms with Gasteiger partial charge in [0.25, 0.3) is 0 Å². The van der Waals surface area contributed by atoms with Gasteiger partial charge in [0.15, 0.2) is 0 Å². The maximum absolute atomic E-state index is 10.2. The second kappa shape index (κ2) is 5.56. The quantitative estimate of drug-likeness (QED) is 0.525. The van der Waals surface area contributed by atoms with E-state index in [1.807, 2.05) is 0 Å². The Kier molecular flexibility index (Phi) is 6.96. The number of aromatic nitrogens is 1. The molecule has 0 unspecified atom stereocenters. The number of H-pyrrole nitrogens is 1. The second-order valence-corrected chi connectivity index (χ2v) is 1.23. The van der Waals surface area contributed by atoms with Crippen LogP contribution in [0.2, 0.25) is 0 Å².